The second kappa shape index (κ2) is 7.26. The fraction of sp³-hybridized carbons (Fsp3) is 0.684. The Kier molecular flexibility index (Phi) is 5.65. The molecule has 0 bridgehead atoms. The molecule has 1 aromatic carbocycles. The van der Waals surface area contributed by atoms with Crippen LogP contribution in [0.2, 0.25) is 0 Å². The van der Waals surface area contributed by atoms with Gasteiger partial charge in [-0.1, -0.05) is 44.9 Å². The van der Waals surface area contributed by atoms with Gasteiger partial charge in [-0.3, -0.25) is 0 Å². The Labute approximate surface area is 125 Å². The van der Waals surface area contributed by atoms with E-state index in [-0.39, 0.29) is 0 Å². The molecule has 1 nitrogen and oxygen atoms in total. The van der Waals surface area contributed by atoms with Crippen LogP contribution in [0.3, 0.4) is 0 Å². The zero-order chi connectivity index (χ0) is 14.5. The van der Waals surface area contributed by atoms with Gasteiger partial charge in [-0.15, -0.1) is 0 Å². The summed E-state index contributed by atoms with van der Waals surface area (Å²) in [7, 11) is 0. The number of nitrogens with one attached hydrogen (secondary N) is 1. The first-order chi connectivity index (χ1) is 9.65. The zero-order valence-electron chi connectivity index (χ0n) is 13.7. The minimum absolute atomic E-state index is 0.663. The van der Waals surface area contributed by atoms with Crippen LogP contribution in [-0.2, 0) is 6.42 Å². The average Bonchev–Trinajstić information content (AvgIpc) is 2.90. The summed E-state index contributed by atoms with van der Waals surface area (Å²) in [6.45, 7) is 10.2. The molecule has 0 amide bonds. The maximum absolute atomic E-state index is 3.77. The molecule has 0 saturated heterocycles. The van der Waals surface area contributed by atoms with Crippen LogP contribution in [0, 0.1) is 25.7 Å². The van der Waals surface area contributed by atoms with Crippen LogP contribution in [0.15, 0.2) is 18.2 Å². The largest absolute Gasteiger partial charge is 0.314 e. The first-order valence-electron chi connectivity index (χ1n) is 8.44. The summed E-state index contributed by atoms with van der Waals surface area (Å²) < 4.78 is 0. The van der Waals surface area contributed by atoms with E-state index in [1.807, 2.05) is 0 Å². The topological polar surface area (TPSA) is 12.0 Å². The summed E-state index contributed by atoms with van der Waals surface area (Å²) in [5.74, 6) is 1.85. The van der Waals surface area contributed by atoms with Crippen molar-refractivity contribution in [1.82, 2.24) is 5.32 Å². The van der Waals surface area contributed by atoms with Crippen molar-refractivity contribution >= 4 is 0 Å². The van der Waals surface area contributed by atoms with Crippen LogP contribution in [0.5, 0.6) is 0 Å². The predicted molar refractivity (Wildman–Crippen MR) is 88.2 cm³/mol. The number of hydrogen-bond donors (Lipinski definition) is 1. The fourth-order valence-electron chi connectivity index (χ4n) is 3.91. The number of hydrogen-bond acceptors (Lipinski definition) is 1. The van der Waals surface area contributed by atoms with Crippen LogP contribution in [0.25, 0.3) is 0 Å². The highest BCUT2D eigenvalue weighted by atomic mass is 14.9. The van der Waals surface area contributed by atoms with Gasteiger partial charge in [0.2, 0.25) is 0 Å². The molecule has 112 valence electrons. The first kappa shape index (κ1) is 15.6. The normalized spacial score (nSPS) is 24.0. The smallest absolute Gasteiger partial charge is 0.0136 e. The standard InChI is InChI=1S/C19H31N/c1-5-16-10-11-17(12-16)19(20-6-2)13-18-14(3)8-7-9-15(18)4/h7-9,16-17,19-20H,5-6,10-13H2,1-4H3. The molecule has 0 spiro atoms. The van der Waals surface area contributed by atoms with Gasteiger partial charge in [-0.2, -0.15) is 0 Å². The van der Waals surface area contributed by atoms with Gasteiger partial charge in [0.05, 0.1) is 0 Å². The monoisotopic (exact) mass is 273 g/mol. The third-order valence-electron chi connectivity index (χ3n) is 5.26. The Balaban J connectivity index is 2.09. The molecule has 1 aromatic rings. The highest BCUT2D eigenvalue weighted by Crippen LogP contribution is 2.36. The van der Waals surface area contributed by atoms with Crippen LogP contribution in [0.4, 0.5) is 0 Å². The molecule has 1 aliphatic rings. The quantitative estimate of drug-likeness (QED) is 0.795. The summed E-state index contributed by atoms with van der Waals surface area (Å²) in [6.07, 6.45) is 6.85. The fourth-order valence-corrected chi connectivity index (χ4v) is 3.91. The molecule has 1 aliphatic carbocycles. The van der Waals surface area contributed by atoms with Crippen LogP contribution >= 0.6 is 0 Å². The van der Waals surface area contributed by atoms with Crippen LogP contribution < -0.4 is 5.32 Å². The van der Waals surface area contributed by atoms with E-state index in [1.54, 1.807) is 5.56 Å². The molecule has 3 atom stereocenters. The number of rotatable bonds is 6. The Hall–Kier alpha value is -0.820. The van der Waals surface area contributed by atoms with Crippen LogP contribution in [0.1, 0.15) is 56.2 Å². The summed E-state index contributed by atoms with van der Waals surface area (Å²) in [5, 5.41) is 3.77. The molecular weight excluding hydrogens is 242 g/mol. The third-order valence-corrected chi connectivity index (χ3v) is 5.26. The second-order valence-corrected chi connectivity index (χ2v) is 6.59. The SMILES string of the molecule is CCNC(Cc1c(C)cccc1C)C1CCC(CC)C1. The average molecular weight is 273 g/mol. The lowest BCUT2D eigenvalue weighted by molar-refractivity contribution is 0.348. The van der Waals surface area contributed by atoms with Gasteiger partial charge in [0.1, 0.15) is 0 Å². The maximum Gasteiger partial charge on any atom is 0.0136 e. The molecule has 2 rings (SSSR count). The lowest BCUT2D eigenvalue weighted by Crippen LogP contribution is -2.37. The highest BCUT2D eigenvalue weighted by molar-refractivity contribution is 5.34. The van der Waals surface area contributed by atoms with Gasteiger partial charge in [0.15, 0.2) is 0 Å². The summed E-state index contributed by atoms with van der Waals surface area (Å²) in [6, 6.07) is 7.36. The third kappa shape index (κ3) is 3.63. The van der Waals surface area contributed by atoms with Crippen molar-refractivity contribution in [3.8, 4) is 0 Å². The van der Waals surface area contributed by atoms with E-state index in [4.69, 9.17) is 0 Å². The van der Waals surface area contributed by atoms with Crippen molar-refractivity contribution in [1.29, 1.82) is 0 Å². The van der Waals surface area contributed by atoms with E-state index in [9.17, 15) is 0 Å². The number of likely N-dealkylation sites (N-methyl/N-ethyl adjacent to an activating group) is 1. The predicted octanol–water partition coefficient (Wildman–Crippen LogP) is 4.65. The zero-order valence-corrected chi connectivity index (χ0v) is 13.7. The molecule has 0 aromatic heterocycles. The number of aryl methyl sites for hydroxylation is 2. The van der Waals surface area contributed by atoms with E-state index in [0.717, 1.165) is 18.4 Å². The van der Waals surface area contributed by atoms with Crippen molar-refractivity contribution in [2.24, 2.45) is 11.8 Å². The molecule has 0 heterocycles. The van der Waals surface area contributed by atoms with Crippen LogP contribution in [-0.4, -0.2) is 12.6 Å². The van der Waals surface area contributed by atoms with Gasteiger partial charge in [-0.25, -0.2) is 0 Å². The molecule has 1 heteroatoms. The van der Waals surface area contributed by atoms with Gasteiger partial charge in [0.25, 0.3) is 0 Å². The minimum Gasteiger partial charge on any atom is -0.314 e. The van der Waals surface area contributed by atoms with E-state index >= 15 is 0 Å². The van der Waals surface area contributed by atoms with Crippen molar-refractivity contribution in [3.05, 3.63) is 34.9 Å². The van der Waals surface area contributed by atoms with E-state index in [1.165, 1.54) is 43.2 Å². The van der Waals surface area contributed by atoms with Crippen molar-refractivity contribution in [2.75, 3.05) is 6.54 Å². The van der Waals surface area contributed by atoms with E-state index < -0.39 is 0 Å². The summed E-state index contributed by atoms with van der Waals surface area (Å²) in [4.78, 5) is 0. The van der Waals surface area contributed by atoms with Gasteiger partial charge in [-0.05, 0) is 68.2 Å². The molecule has 1 N–H and O–H groups in total. The molecule has 1 fully saturated rings. The molecule has 20 heavy (non-hydrogen) atoms. The minimum atomic E-state index is 0.663. The van der Waals surface area contributed by atoms with E-state index in [0.29, 0.717) is 6.04 Å². The molecule has 3 unspecified atom stereocenters. The van der Waals surface area contributed by atoms with Crippen molar-refractivity contribution in [3.63, 3.8) is 0 Å². The number of benzene rings is 1. The Bertz CT molecular complexity index is 404. The van der Waals surface area contributed by atoms with E-state index in [2.05, 4.69) is 51.2 Å². The maximum atomic E-state index is 3.77. The van der Waals surface area contributed by atoms with Crippen molar-refractivity contribution < 1.29 is 0 Å². The molecular formula is C19H31N. The highest BCUT2D eigenvalue weighted by Gasteiger charge is 2.30. The Morgan fingerprint density at radius 2 is 1.85 bits per heavy atom. The lowest BCUT2D eigenvalue weighted by Gasteiger charge is -2.26. The summed E-state index contributed by atoms with van der Waals surface area (Å²) >= 11 is 0. The second-order valence-electron chi connectivity index (χ2n) is 6.59. The van der Waals surface area contributed by atoms with Gasteiger partial charge < -0.3 is 5.32 Å². The molecule has 1 saturated carbocycles. The Morgan fingerprint density at radius 1 is 1.15 bits per heavy atom. The lowest BCUT2D eigenvalue weighted by atomic mass is 9.88. The Morgan fingerprint density at radius 3 is 2.40 bits per heavy atom. The molecule has 0 aliphatic heterocycles. The van der Waals surface area contributed by atoms with Gasteiger partial charge in [0, 0.05) is 6.04 Å². The summed E-state index contributed by atoms with van der Waals surface area (Å²) in [5.41, 5.74) is 4.48. The van der Waals surface area contributed by atoms with Crippen molar-refractivity contribution in [2.45, 2.75) is 65.8 Å². The molecule has 0 radical (unpaired) electrons. The first-order valence-corrected chi connectivity index (χ1v) is 8.44. The van der Waals surface area contributed by atoms with Gasteiger partial charge >= 0.3 is 0 Å².